The van der Waals surface area contributed by atoms with Crippen molar-refractivity contribution < 1.29 is 0 Å². The van der Waals surface area contributed by atoms with Crippen LogP contribution in [0.1, 0.15) is 32.6 Å². The monoisotopic (exact) mass is 238 g/mol. The van der Waals surface area contributed by atoms with Crippen LogP contribution in [-0.4, -0.2) is 19.5 Å². The number of nitrogens with zero attached hydrogens (tertiary/aromatic N) is 4. The summed E-state index contributed by atoms with van der Waals surface area (Å²) in [6.45, 7) is 3.14. The molecule has 2 rings (SSSR count). The first-order valence-electron chi connectivity index (χ1n) is 5.64. The molecule has 0 saturated heterocycles. The van der Waals surface area contributed by atoms with E-state index in [9.17, 15) is 0 Å². The number of aromatic nitrogens is 4. The second-order valence-electron chi connectivity index (χ2n) is 3.84. The van der Waals surface area contributed by atoms with Gasteiger partial charge in [0.25, 0.3) is 0 Å². The third kappa shape index (κ3) is 2.32. The van der Waals surface area contributed by atoms with E-state index in [2.05, 4.69) is 21.9 Å². The van der Waals surface area contributed by atoms with Crippen molar-refractivity contribution in [3.8, 4) is 0 Å². The van der Waals surface area contributed by atoms with Gasteiger partial charge < -0.3 is 4.57 Å². The Labute approximate surface area is 99.7 Å². The second kappa shape index (κ2) is 5.25. The summed E-state index contributed by atoms with van der Waals surface area (Å²) in [4.78, 5) is 12.3. The van der Waals surface area contributed by atoms with E-state index in [1.54, 1.807) is 6.33 Å². The van der Waals surface area contributed by atoms with Gasteiger partial charge in [-0.25, -0.2) is 15.0 Å². The van der Waals surface area contributed by atoms with Crippen LogP contribution in [0.5, 0.6) is 0 Å². The predicted octanol–water partition coefficient (Wildman–Crippen LogP) is 3.06. The van der Waals surface area contributed by atoms with Gasteiger partial charge in [0.15, 0.2) is 10.8 Å². The summed E-state index contributed by atoms with van der Waals surface area (Å²) in [6, 6.07) is 0. The van der Waals surface area contributed by atoms with Gasteiger partial charge in [0.2, 0.25) is 0 Å². The van der Waals surface area contributed by atoms with Gasteiger partial charge in [0, 0.05) is 6.54 Å². The van der Waals surface area contributed by atoms with Gasteiger partial charge in [-0.3, -0.25) is 0 Å². The van der Waals surface area contributed by atoms with Crippen LogP contribution in [0.25, 0.3) is 11.2 Å². The molecule has 0 bridgehead atoms. The summed E-state index contributed by atoms with van der Waals surface area (Å²) in [7, 11) is 0. The van der Waals surface area contributed by atoms with Crippen molar-refractivity contribution >= 4 is 22.8 Å². The largest absolute Gasteiger partial charge is 0.327 e. The second-order valence-corrected chi connectivity index (χ2v) is 4.19. The SMILES string of the molecule is CCCCCCn1cnc2ncnc(Cl)c21. The molecular formula is C11H15ClN4. The fourth-order valence-electron chi connectivity index (χ4n) is 1.75. The molecule has 4 nitrogen and oxygen atoms in total. The Kier molecular flexibility index (Phi) is 3.72. The smallest absolute Gasteiger partial charge is 0.182 e. The number of hydrogen-bond acceptors (Lipinski definition) is 3. The number of aryl methyl sites for hydroxylation is 1. The highest BCUT2D eigenvalue weighted by Crippen LogP contribution is 2.18. The van der Waals surface area contributed by atoms with Crippen molar-refractivity contribution in [3.63, 3.8) is 0 Å². The Hall–Kier alpha value is -1.16. The van der Waals surface area contributed by atoms with Gasteiger partial charge in [-0.1, -0.05) is 37.8 Å². The van der Waals surface area contributed by atoms with Crippen LogP contribution in [0.4, 0.5) is 0 Å². The van der Waals surface area contributed by atoms with E-state index in [-0.39, 0.29) is 0 Å². The van der Waals surface area contributed by atoms with E-state index in [4.69, 9.17) is 11.6 Å². The third-order valence-corrected chi connectivity index (χ3v) is 2.89. The highest BCUT2D eigenvalue weighted by molar-refractivity contribution is 6.33. The topological polar surface area (TPSA) is 43.6 Å². The first-order chi connectivity index (χ1) is 7.83. The molecule has 0 saturated carbocycles. The molecule has 0 radical (unpaired) electrons. The molecule has 0 aliphatic heterocycles. The molecular weight excluding hydrogens is 224 g/mol. The predicted molar refractivity (Wildman–Crippen MR) is 64.5 cm³/mol. The zero-order valence-corrected chi connectivity index (χ0v) is 10.1. The summed E-state index contributed by atoms with van der Waals surface area (Å²) in [5.74, 6) is 0. The Morgan fingerprint density at radius 1 is 1.19 bits per heavy atom. The summed E-state index contributed by atoms with van der Waals surface area (Å²) >= 11 is 6.03. The van der Waals surface area contributed by atoms with Gasteiger partial charge in [-0.15, -0.1) is 0 Å². The van der Waals surface area contributed by atoms with Crippen molar-refractivity contribution in [1.29, 1.82) is 0 Å². The zero-order valence-electron chi connectivity index (χ0n) is 9.36. The highest BCUT2D eigenvalue weighted by atomic mass is 35.5. The molecule has 0 spiro atoms. The lowest BCUT2D eigenvalue weighted by Gasteiger charge is -2.03. The lowest BCUT2D eigenvalue weighted by atomic mass is 10.2. The summed E-state index contributed by atoms with van der Waals surface area (Å²) in [6.07, 6.45) is 8.13. The minimum Gasteiger partial charge on any atom is -0.327 e. The standard InChI is InChI=1S/C11H15ClN4/c1-2-3-4-5-6-16-8-15-11-9(16)10(12)13-7-14-11/h7-8H,2-6H2,1H3. The Bertz CT molecular complexity index is 466. The molecule has 0 aliphatic carbocycles. The Balaban J connectivity index is 2.12. The summed E-state index contributed by atoms with van der Waals surface area (Å²) in [5, 5.41) is 0.484. The summed E-state index contributed by atoms with van der Waals surface area (Å²) < 4.78 is 2.04. The van der Waals surface area contributed by atoms with Crippen LogP contribution in [0.2, 0.25) is 5.15 Å². The van der Waals surface area contributed by atoms with Crippen molar-refractivity contribution in [3.05, 3.63) is 17.8 Å². The molecule has 0 amide bonds. The van der Waals surface area contributed by atoms with E-state index >= 15 is 0 Å². The van der Waals surface area contributed by atoms with Crippen LogP contribution in [0, 0.1) is 0 Å². The van der Waals surface area contributed by atoms with Crippen molar-refractivity contribution in [2.45, 2.75) is 39.2 Å². The molecule has 2 aromatic rings. The number of fused-ring (bicyclic) bond motifs is 1. The van der Waals surface area contributed by atoms with E-state index in [1.807, 2.05) is 4.57 Å². The van der Waals surface area contributed by atoms with E-state index in [0.717, 1.165) is 18.5 Å². The molecule has 0 N–H and O–H groups in total. The molecule has 0 fully saturated rings. The molecule has 5 heteroatoms. The van der Waals surface area contributed by atoms with Gasteiger partial charge in [-0.2, -0.15) is 0 Å². The minimum absolute atomic E-state index is 0.484. The lowest BCUT2D eigenvalue weighted by molar-refractivity contribution is 0.591. The van der Waals surface area contributed by atoms with Crippen LogP contribution in [-0.2, 0) is 6.54 Å². The van der Waals surface area contributed by atoms with Gasteiger partial charge in [0.1, 0.15) is 11.8 Å². The minimum atomic E-state index is 0.484. The van der Waals surface area contributed by atoms with Crippen molar-refractivity contribution in [2.75, 3.05) is 0 Å². The number of imidazole rings is 1. The fourth-order valence-corrected chi connectivity index (χ4v) is 1.99. The number of halogens is 1. The molecule has 16 heavy (non-hydrogen) atoms. The Morgan fingerprint density at radius 3 is 2.88 bits per heavy atom. The maximum atomic E-state index is 6.03. The first kappa shape index (κ1) is 11.3. The maximum absolute atomic E-state index is 6.03. The third-order valence-electron chi connectivity index (χ3n) is 2.62. The normalized spacial score (nSPS) is 11.1. The van der Waals surface area contributed by atoms with Gasteiger partial charge >= 0.3 is 0 Å². The van der Waals surface area contributed by atoms with Gasteiger partial charge in [-0.05, 0) is 6.42 Å². The fraction of sp³-hybridized carbons (Fsp3) is 0.545. The average Bonchev–Trinajstić information content (AvgIpc) is 2.69. The van der Waals surface area contributed by atoms with Crippen LogP contribution >= 0.6 is 11.6 Å². The number of unbranched alkanes of at least 4 members (excludes halogenated alkanes) is 3. The number of rotatable bonds is 5. The van der Waals surface area contributed by atoms with Crippen LogP contribution in [0.3, 0.4) is 0 Å². The molecule has 2 aromatic heterocycles. The number of hydrogen-bond donors (Lipinski definition) is 0. The maximum Gasteiger partial charge on any atom is 0.182 e. The Morgan fingerprint density at radius 2 is 2.06 bits per heavy atom. The highest BCUT2D eigenvalue weighted by Gasteiger charge is 2.07. The average molecular weight is 239 g/mol. The molecule has 0 aromatic carbocycles. The molecule has 0 atom stereocenters. The van der Waals surface area contributed by atoms with Gasteiger partial charge in [0.05, 0.1) is 6.33 Å². The van der Waals surface area contributed by atoms with E-state index in [1.165, 1.54) is 25.6 Å². The van der Waals surface area contributed by atoms with E-state index < -0.39 is 0 Å². The lowest BCUT2D eigenvalue weighted by Crippen LogP contribution is -1.97. The quantitative estimate of drug-likeness (QED) is 0.594. The summed E-state index contributed by atoms with van der Waals surface area (Å²) in [5.41, 5.74) is 1.52. The van der Waals surface area contributed by atoms with E-state index in [0.29, 0.717) is 10.8 Å². The molecule has 0 aliphatic rings. The van der Waals surface area contributed by atoms with Crippen LogP contribution in [0.15, 0.2) is 12.7 Å². The molecule has 0 unspecified atom stereocenters. The molecule has 86 valence electrons. The first-order valence-corrected chi connectivity index (χ1v) is 6.02. The van der Waals surface area contributed by atoms with Crippen molar-refractivity contribution in [1.82, 2.24) is 19.5 Å². The molecule has 2 heterocycles. The van der Waals surface area contributed by atoms with Crippen LogP contribution < -0.4 is 0 Å². The zero-order chi connectivity index (χ0) is 11.4. The van der Waals surface area contributed by atoms with Crippen molar-refractivity contribution in [2.24, 2.45) is 0 Å².